The van der Waals surface area contributed by atoms with Crippen LogP contribution in [0.1, 0.15) is 63.6 Å². The lowest BCUT2D eigenvalue weighted by molar-refractivity contribution is 0.231. The van der Waals surface area contributed by atoms with Crippen molar-refractivity contribution < 1.29 is 0 Å². The second-order valence-electron chi connectivity index (χ2n) is 6.60. The average Bonchev–Trinajstić information content (AvgIpc) is 2.39. The van der Waals surface area contributed by atoms with Gasteiger partial charge in [-0.2, -0.15) is 0 Å². The normalized spacial score (nSPS) is 25.5. The lowest BCUT2D eigenvalue weighted by atomic mass is 9.79. The summed E-state index contributed by atoms with van der Waals surface area (Å²) in [5.74, 6) is 1.81. The van der Waals surface area contributed by atoms with Gasteiger partial charge < -0.3 is 5.32 Å². The Morgan fingerprint density at radius 2 is 1.63 bits per heavy atom. The zero-order chi connectivity index (χ0) is 13.8. The number of hydrogen-bond acceptors (Lipinski definition) is 1. The van der Waals surface area contributed by atoms with E-state index in [4.69, 9.17) is 0 Å². The molecule has 0 spiro atoms. The molecule has 106 valence electrons. The molecule has 0 unspecified atom stereocenters. The molecule has 1 nitrogen and oxygen atoms in total. The molecule has 1 N–H and O–H groups in total. The molecule has 0 amide bonds. The molecule has 0 aliphatic heterocycles. The molecule has 19 heavy (non-hydrogen) atoms. The van der Waals surface area contributed by atoms with Crippen LogP contribution in [0.5, 0.6) is 0 Å². The number of nitrogens with one attached hydrogen (secondary N) is 1. The molecule has 1 fully saturated rings. The van der Waals surface area contributed by atoms with Crippen molar-refractivity contribution in [2.24, 2.45) is 11.8 Å². The molecular formula is C18H29N. The molecule has 0 radical (unpaired) electrons. The third-order valence-corrected chi connectivity index (χ3v) is 4.86. The molecule has 2 rings (SSSR count). The van der Waals surface area contributed by atoms with Crippen LogP contribution in [0, 0.1) is 18.8 Å². The molecule has 0 bridgehead atoms. The van der Waals surface area contributed by atoms with E-state index in [0.29, 0.717) is 12.1 Å². The van der Waals surface area contributed by atoms with Crippen molar-refractivity contribution in [1.29, 1.82) is 0 Å². The predicted molar refractivity (Wildman–Crippen MR) is 83.3 cm³/mol. The van der Waals surface area contributed by atoms with Crippen LogP contribution >= 0.6 is 0 Å². The van der Waals surface area contributed by atoms with E-state index in [-0.39, 0.29) is 0 Å². The Morgan fingerprint density at radius 1 is 1.00 bits per heavy atom. The largest absolute Gasteiger partial charge is 0.307 e. The van der Waals surface area contributed by atoms with Gasteiger partial charge in [0.2, 0.25) is 0 Å². The van der Waals surface area contributed by atoms with Crippen LogP contribution < -0.4 is 5.32 Å². The van der Waals surface area contributed by atoms with Crippen molar-refractivity contribution in [2.45, 2.75) is 65.5 Å². The van der Waals surface area contributed by atoms with Crippen LogP contribution in [0.15, 0.2) is 24.3 Å². The van der Waals surface area contributed by atoms with Gasteiger partial charge in [0.25, 0.3) is 0 Å². The summed E-state index contributed by atoms with van der Waals surface area (Å²) in [5.41, 5.74) is 2.85. The Labute approximate surface area is 118 Å². The Balaban J connectivity index is 1.87. The lowest BCUT2D eigenvalue weighted by Crippen LogP contribution is -2.36. The zero-order valence-corrected chi connectivity index (χ0v) is 12.9. The minimum absolute atomic E-state index is 0.474. The first-order valence-corrected chi connectivity index (χ1v) is 7.89. The molecule has 0 aromatic heterocycles. The third kappa shape index (κ3) is 3.82. The van der Waals surface area contributed by atoms with Crippen LogP contribution in [0.25, 0.3) is 0 Å². The zero-order valence-electron chi connectivity index (χ0n) is 12.9. The summed E-state index contributed by atoms with van der Waals surface area (Å²) in [6, 6.07) is 9.93. The van der Waals surface area contributed by atoms with Gasteiger partial charge in [0.05, 0.1) is 0 Å². The standard InChI is InChI=1S/C18H29N/c1-13(2)16-9-11-17(12-10-16)19-15(4)18-8-6-5-7-14(18)3/h5-8,13,15-17,19H,9-12H2,1-4H3/t15-,16?,17?/m1/s1. The van der Waals surface area contributed by atoms with Crippen molar-refractivity contribution in [3.8, 4) is 0 Å². The maximum atomic E-state index is 3.84. The molecular weight excluding hydrogens is 230 g/mol. The molecule has 0 heterocycles. The van der Waals surface area contributed by atoms with Crippen molar-refractivity contribution >= 4 is 0 Å². The Kier molecular flexibility index (Phi) is 5.04. The summed E-state index contributed by atoms with van der Waals surface area (Å²) >= 11 is 0. The van der Waals surface area contributed by atoms with E-state index in [1.54, 1.807) is 0 Å². The maximum Gasteiger partial charge on any atom is 0.0296 e. The first-order valence-electron chi connectivity index (χ1n) is 7.89. The van der Waals surface area contributed by atoms with E-state index in [0.717, 1.165) is 11.8 Å². The highest BCUT2D eigenvalue weighted by Crippen LogP contribution is 2.31. The number of aryl methyl sites for hydroxylation is 1. The highest BCUT2D eigenvalue weighted by molar-refractivity contribution is 5.28. The first-order chi connectivity index (χ1) is 9.08. The molecule has 1 aliphatic carbocycles. The molecule has 1 aromatic rings. The van der Waals surface area contributed by atoms with E-state index in [1.807, 2.05) is 0 Å². The second kappa shape index (κ2) is 6.56. The topological polar surface area (TPSA) is 12.0 Å². The van der Waals surface area contributed by atoms with Crippen LogP contribution in [0.2, 0.25) is 0 Å². The van der Waals surface area contributed by atoms with E-state index < -0.39 is 0 Å². The fraction of sp³-hybridized carbons (Fsp3) is 0.667. The monoisotopic (exact) mass is 259 g/mol. The summed E-state index contributed by atoms with van der Waals surface area (Å²) in [6.45, 7) is 9.25. The highest BCUT2D eigenvalue weighted by Gasteiger charge is 2.24. The van der Waals surface area contributed by atoms with Gasteiger partial charge in [-0.05, 0) is 62.5 Å². The number of benzene rings is 1. The van der Waals surface area contributed by atoms with E-state index >= 15 is 0 Å². The Morgan fingerprint density at radius 3 is 2.21 bits per heavy atom. The summed E-state index contributed by atoms with van der Waals surface area (Å²) in [7, 11) is 0. The quantitative estimate of drug-likeness (QED) is 0.814. The summed E-state index contributed by atoms with van der Waals surface area (Å²) < 4.78 is 0. The van der Waals surface area contributed by atoms with Gasteiger partial charge in [-0.15, -0.1) is 0 Å². The minimum Gasteiger partial charge on any atom is -0.307 e. The number of hydrogen-bond donors (Lipinski definition) is 1. The molecule has 1 aromatic carbocycles. The van der Waals surface area contributed by atoms with Gasteiger partial charge in [-0.1, -0.05) is 38.1 Å². The fourth-order valence-electron chi connectivity index (χ4n) is 3.47. The van der Waals surface area contributed by atoms with E-state index in [1.165, 1.54) is 36.8 Å². The van der Waals surface area contributed by atoms with Gasteiger partial charge >= 0.3 is 0 Å². The van der Waals surface area contributed by atoms with E-state index in [9.17, 15) is 0 Å². The molecule has 0 saturated heterocycles. The molecule has 1 saturated carbocycles. The SMILES string of the molecule is Cc1ccccc1[C@@H](C)NC1CCC(C(C)C)CC1. The Hall–Kier alpha value is -0.820. The highest BCUT2D eigenvalue weighted by atomic mass is 14.9. The third-order valence-electron chi connectivity index (χ3n) is 4.86. The number of rotatable bonds is 4. The van der Waals surface area contributed by atoms with Crippen molar-refractivity contribution in [1.82, 2.24) is 5.32 Å². The predicted octanol–water partition coefficient (Wildman–Crippen LogP) is 4.86. The minimum atomic E-state index is 0.474. The van der Waals surface area contributed by atoms with Gasteiger partial charge in [0, 0.05) is 12.1 Å². The summed E-state index contributed by atoms with van der Waals surface area (Å²) in [5, 5.41) is 3.84. The molecule has 1 aliphatic rings. The van der Waals surface area contributed by atoms with Gasteiger partial charge in [0.15, 0.2) is 0 Å². The smallest absolute Gasteiger partial charge is 0.0296 e. The maximum absolute atomic E-state index is 3.84. The van der Waals surface area contributed by atoms with Gasteiger partial charge in [-0.25, -0.2) is 0 Å². The first kappa shape index (κ1) is 14.6. The van der Waals surface area contributed by atoms with Crippen LogP contribution in [-0.4, -0.2) is 6.04 Å². The average molecular weight is 259 g/mol. The summed E-state index contributed by atoms with van der Waals surface area (Å²) in [6.07, 6.45) is 5.49. The van der Waals surface area contributed by atoms with E-state index in [2.05, 4.69) is 57.3 Å². The fourth-order valence-corrected chi connectivity index (χ4v) is 3.47. The van der Waals surface area contributed by atoms with Gasteiger partial charge in [0.1, 0.15) is 0 Å². The van der Waals surface area contributed by atoms with Gasteiger partial charge in [-0.3, -0.25) is 0 Å². The summed E-state index contributed by atoms with van der Waals surface area (Å²) in [4.78, 5) is 0. The van der Waals surface area contributed by atoms with Crippen molar-refractivity contribution in [3.05, 3.63) is 35.4 Å². The van der Waals surface area contributed by atoms with Crippen molar-refractivity contribution in [3.63, 3.8) is 0 Å². The second-order valence-corrected chi connectivity index (χ2v) is 6.60. The lowest BCUT2D eigenvalue weighted by Gasteiger charge is -2.33. The van der Waals surface area contributed by atoms with Crippen molar-refractivity contribution in [2.75, 3.05) is 0 Å². The molecule has 1 atom stereocenters. The Bertz CT molecular complexity index is 388. The van der Waals surface area contributed by atoms with Crippen LogP contribution in [0.3, 0.4) is 0 Å². The molecule has 1 heteroatoms. The van der Waals surface area contributed by atoms with Crippen LogP contribution in [0.4, 0.5) is 0 Å². The van der Waals surface area contributed by atoms with Crippen LogP contribution in [-0.2, 0) is 0 Å².